The van der Waals surface area contributed by atoms with Gasteiger partial charge in [-0.25, -0.2) is 0 Å². The first-order valence-electron chi connectivity index (χ1n) is 7.09. The molecule has 1 nitrogen and oxygen atoms in total. The summed E-state index contributed by atoms with van der Waals surface area (Å²) in [4.78, 5) is 0. The highest BCUT2D eigenvalue weighted by atomic mass is 14.9. The summed E-state index contributed by atoms with van der Waals surface area (Å²) in [5.41, 5.74) is 0.443. The van der Waals surface area contributed by atoms with Crippen LogP contribution in [-0.4, -0.2) is 13.1 Å². The fraction of sp³-hybridized carbons (Fsp3) is 1.00. The van der Waals surface area contributed by atoms with Crippen molar-refractivity contribution in [1.29, 1.82) is 0 Å². The van der Waals surface area contributed by atoms with Crippen LogP contribution in [0.4, 0.5) is 0 Å². The van der Waals surface area contributed by atoms with Crippen LogP contribution in [0.15, 0.2) is 0 Å². The molecule has 0 saturated carbocycles. The van der Waals surface area contributed by atoms with Crippen molar-refractivity contribution in [2.45, 2.75) is 79.2 Å². The summed E-state index contributed by atoms with van der Waals surface area (Å²) in [7, 11) is 2.11. The summed E-state index contributed by atoms with van der Waals surface area (Å²) in [5, 5.41) is 3.48. The predicted molar refractivity (Wildman–Crippen MR) is 74.8 cm³/mol. The van der Waals surface area contributed by atoms with Crippen molar-refractivity contribution >= 4 is 0 Å². The van der Waals surface area contributed by atoms with Gasteiger partial charge in [-0.3, -0.25) is 0 Å². The van der Waals surface area contributed by atoms with Crippen LogP contribution in [0, 0.1) is 11.3 Å². The van der Waals surface area contributed by atoms with E-state index >= 15 is 0 Å². The number of hydrogen-bond acceptors (Lipinski definition) is 1. The van der Waals surface area contributed by atoms with Crippen LogP contribution in [0.3, 0.4) is 0 Å². The second-order valence-corrected chi connectivity index (χ2v) is 6.34. The van der Waals surface area contributed by atoms with Crippen LogP contribution in [0.1, 0.15) is 73.1 Å². The second kappa shape index (κ2) is 8.11. The highest BCUT2D eigenvalue weighted by molar-refractivity contribution is 4.76. The Hall–Kier alpha value is -0.0400. The van der Waals surface area contributed by atoms with E-state index in [0.29, 0.717) is 11.5 Å². The van der Waals surface area contributed by atoms with Gasteiger partial charge in [0, 0.05) is 6.04 Å². The highest BCUT2D eigenvalue weighted by Gasteiger charge is 2.22. The lowest BCUT2D eigenvalue weighted by Crippen LogP contribution is -2.31. The smallest absolute Gasteiger partial charge is 0.00668 e. The first-order chi connectivity index (χ1) is 7.41. The van der Waals surface area contributed by atoms with E-state index in [2.05, 4.69) is 47.0 Å². The molecule has 1 N–H and O–H groups in total. The van der Waals surface area contributed by atoms with Gasteiger partial charge >= 0.3 is 0 Å². The monoisotopic (exact) mass is 227 g/mol. The third kappa shape index (κ3) is 7.27. The molecule has 16 heavy (non-hydrogen) atoms. The highest BCUT2D eigenvalue weighted by Crippen LogP contribution is 2.29. The summed E-state index contributed by atoms with van der Waals surface area (Å²) < 4.78 is 0. The maximum absolute atomic E-state index is 3.48. The molecule has 98 valence electrons. The van der Waals surface area contributed by atoms with Gasteiger partial charge in [0.2, 0.25) is 0 Å². The van der Waals surface area contributed by atoms with Gasteiger partial charge in [0.15, 0.2) is 0 Å². The van der Waals surface area contributed by atoms with Crippen LogP contribution in [0.5, 0.6) is 0 Å². The Bertz CT molecular complexity index is 157. The summed E-state index contributed by atoms with van der Waals surface area (Å²) in [6, 6.07) is 0.714. The van der Waals surface area contributed by atoms with Gasteiger partial charge in [0.1, 0.15) is 0 Å². The van der Waals surface area contributed by atoms with E-state index in [9.17, 15) is 0 Å². The first-order valence-corrected chi connectivity index (χ1v) is 7.09. The van der Waals surface area contributed by atoms with Gasteiger partial charge in [-0.15, -0.1) is 0 Å². The zero-order valence-corrected chi connectivity index (χ0v) is 12.4. The molecular formula is C15H33N. The topological polar surface area (TPSA) is 12.0 Å². The molecule has 0 aromatic rings. The summed E-state index contributed by atoms with van der Waals surface area (Å²) >= 11 is 0. The zero-order valence-electron chi connectivity index (χ0n) is 12.4. The van der Waals surface area contributed by atoms with E-state index < -0.39 is 0 Å². The molecular weight excluding hydrogens is 194 g/mol. The SMILES string of the molecule is CCCCCCC(CC(C)C(C)(C)C)NC. The normalized spacial score (nSPS) is 16.1. The molecule has 0 spiro atoms. The van der Waals surface area contributed by atoms with Crippen molar-refractivity contribution in [3.8, 4) is 0 Å². The Morgan fingerprint density at radius 3 is 2.12 bits per heavy atom. The standard InChI is InChI=1S/C15H33N/c1-7-8-9-10-11-14(16-6)12-13(2)15(3,4)5/h13-14,16H,7-12H2,1-6H3. The van der Waals surface area contributed by atoms with Crippen molar-refractivity contribution in [3.05, 3.63) is 0 Å². The van der Waals surface area contributed by atoms with Crippen molar-refractivity contribution in [2.24, 2.45) is 11.3 Å². The van der Waals surface area contributed by atoms with Gasteiger partial charge in [-0.1, -0.05) is 60.3 Å². The van der Waals surface area contributed by atoms with Gasteiger partial charge < -0.3 is 5.32 Å². The third-order valence-corrected chi connectivity index (χ3v) is 3.93. The molecule has 0 radical (unpaired) electrons. The van der Waals surface area contributed by atoms with Crippen LogP contribution in [0.25, 0.3) is 0 Å². The Kier molecular flexibility index (Phi) is 8.09. The number of rotatable bonds is 8. The van der Waals surface area contributed by atoms with E-state index in [-0.39, 0.29) is 0 Å². The van der Waals surface area contributed by atoms with Crippen molar-refractivity contribution in [3.63, 3.8) is 0 Å². The van der Waals surface area contributed by atoms with E-state index in [1.807, 2.05) is 0 Å². The lowest BCUT2D eigenvalue weighted by molar-refractivity contribution is 0.220. The van der Waals surface area contributed by atoms with E-state index in [4.69, 9.17) is 0 Å². The maximum atomic E-state index is 3.48. The molecule has 1 heteroatoms. The molecule has 0 aromatic heterocycles. The van der Waals surface area contributed by atoms with Crippen LogP contribution in [0.2, 0.25) is 0 Å². The number of nitrogens with one attached hydrogen (secondary N) is 1. The van der Waals surface area contributed by atoms with Crippen LogP contribution < -0.4 is 5.32 Å². The fourth-order valence-electron chi connectivity index (χ4n) is 1.98. The van der Waals surface area contributed by atoms with Crippen molar-refractivity contribution in [1.82, 2.24) is 5.32 Å². The van der Waals surface area contributed by atoms with E-state index in [1.54, 1.807) is 0 Å². The molecule has 0 aliphatic heterocycles. The molecule has 0 aliphatic rings. The molecule has 0 heterocycles. The Morgan fingerprint density at radius 2 is 1.69 bits per heavy atom. The average molecular weight is 227 g/mol. The molecule has 0 fully saturated rings. The number of hydrogen-bond donors (Lipinski definition) is 1. The average Bonchev–Trinajstić information content (AvgIpc) is 2.20. The lowest BCUT2D eigenvalue weighted by Gasteiger charge is -2.30. The lowest BCUT2D eigenvalue weighted by atomic mass is 9.78. The molecule has 0 aliphatic carbocycles. The van der Waals surface area contributed by atoms with Crippen LogP contribution >= 0.6 is 0 Å². The summed E-state index contributed by atoms with van der Waals surface area (Å²) in [5.74, 6) is 0.788. The summed E-state index contributed by atoms with van der Waals surface area (Å²) in [6.07, 6.45) is 8.17. The summed E-state index contributed by atoms with van der Waals surface area (Å²) in [6.45, 7) is 11.7. The minimum absolute atomic E-state index is 0.443. The number of unbranched alkanes of at least 4 members (excludes halogenated alkanes) is 3. The molecule has 0 rings (SSSR count). The largest absolute Gasteiger partial charge is 0.317 e. The molecule has 0 amide bonds. The fourth-order valence-corrected chi connectivity index (χ4v) is 1.98. The Labute approximate surface area is 103 Å². The molecule has 0 aromatic carbocycles. The minimum Gasteiger partial charge on any atom is -0.317 e. The molecule has 2 atom stereocenters. The third-order valence-electron chi connectivity index (χ3n) is 3.93. The maximum Gasteiger partial charge on any atom is 0.00668 e. The van der Waals surface area contributed by atoms with Crippen molar-refractivity contribution < 1.29 is 0 Å². The zero-order chi connectivity index (χ0) is 12.6. The van der Waals surface area contributed by atoms with Gasteiger partial charge in [0.05, 0.1) is 0 Å². The molecule has 0 bridgehead atoms. The van der Waals surface area contributed by atoms with Gasteiger partial charge in [-0.2, -0.15) is 0 Å². The van der Waals surface area contributed by atoms with Gasteiger partial charge in [0.25, 0.3) is 0 Å². The minimum atomic E-state index is 0.443. The van der Waals surface area contributed by atoms with E-state index in [0.717, 1.165) is 5.92 Å². The Morgan fingerprint density at radius 1 is 1.06 bits per heavy atom. The predicted octanol–water partition coefficient (Wildman–Crippen LogP) is 4.62. The van der Waals surface area contributed by atoms with Gasteiger partial charge in [-0.05, 0) is 31.2 Å². The Balaban J connectivity index is 3.82. The van der Waals surface area contributed by atoms with E-state index in [1.165, 1.54) is 38.5 Å². The second-order valence-electron chi connectivity index (χ2n) is 6.34. The first kappa shape index (κ1) is 16.0. The molecule has 0 saturated heterocycles. The molecule has 2 unspecified atom stereocenters. The quantitative estimate of drug-likeness (QED) is 0.597. The van der Waals surface area contributed by atoms with Crippen LogP contribution in [-0.2, 0) is 0 Å². The van der Waals surface area contributed by atoms with Crippen molar-refractivity contribution in [2.75, 3.05) is 7.05 Å².